The number of ether oxygens (including phenoxy) is 2. The van der Waals surface area contributed by atoms with Gasteiger partial charge in [-0.2, -0.15) is 0 Å². The molecule has 1 aliphatic heterocycles. The molecule has 30 heavy (non-hydrogen) atoms. The third kappa shape index (κ3) is 3.06. The predicted octanol–water partition coefficient (Wildman–Crippen LogP) is 5.14. The van der Waals surface area contributed by atoms with Gasteiger partial charge in [0.2, 0.25) is 5.69 Å². The Morgan fingerprint density at radius 3 is 2.57 bits per heavy atom. The largest absolute Gasteiger partial charge is 0.508 e. The fraction of sp³-hybridized carbons (Fsp3) is 0.190. The van der Waals surface area contributed by atoms with Crippen molar-refractivity contribution in [2.45, 2.75) is 18.6 Å². The molecule has 0 aromatic heterocycles. The van der Waals surface area contributed by atoms with Crippen LogP contribution in [0, 0.1) is 34.1 Å². The molecule has 0 amide bonds. The standard InChI is InChI=1S/C21H13F3N2O4/c1-25-17-5-10-3-4-19-12(11(10)8-20(17)29-2)7-18(26(27)28)21(30-19)13-6-15(23)16(24)9-14(13)22/h3-6,8-9,18,21H,7H2,2H3. The van der Waals surface area contributed by atoms with E-state index in [4.69, 9.17) is 16.0 Å². The normalized spacial score (nSPS) is 17.7. The highest BCUT2D eigenvalue weighted by molar-refractivity contribution is 5.93. The molecule has 2 unspecified atom stereocenters. The molecule has 0 spiro atoms. The molecule has 0 fully saturated rings. The van der Waals surface area contributed by atoms with Gasteiger partial charge in [-0.15, -0.1) is 0 Å². The van der Waals surface area contributed by atoms with Crippen molar-refractivity contribution < 1.29 is 27.6 Å². The van der Waals surface area contributed by atoms with E-state index in [1.165, 1.54) is 7.11 Å². The van der Waals surface area contributed by atoms with Crippen LogP contribution in [0.5, 0.6) is 11.5 Å². The molecule has 0 bridgehead atoms. The van der Waals surface area contributed by atoms with Crippen LogP contribution in [0.3, 0.4) is 0 Å². The first-order valence-electron chi connectivity index (χ1n) is 8.79. The van der Waals surface area contributed by atoms with Crippen molar-refractivity contribution in [1.82, 2.24) is 0 Å². The molecule has 0 saturated heterocycles. The summed E-state index contributed by atoms with van der Waals surface area (Å²) >= 11 is 0. The summed E-state index contributed by atoms with van der Waals surface area (Å²) in [6.07, 6.45) is -1.58. The number of hydrogen-bond acceptors (Lipinski definition) is 4. The average Bonchev–Trinajstić information content (AvgIpc) is 2.74. The molecule has 1 heterocycles. The molecule has 0 aliphatic carbocycles. The van der Waals surface area contributed by atoms with E-state index < -0.39 is 40.1 Å². The number of methoxy groups -OCH3 is 1. The molecule has 0 N–H and O–H groups in total. The summed E-state index contributed by atoms with van der Waals surface area (Å²) in [5, 5.41) is 13.0. The van der Waals surface area contributed by atoms with Crippen LogP contribution in [0.2, 0.25) is 0 Å². The fourth-order valence-electron chi connectivity index (χ4n) is 3.70. The molecule has 0 radical (unpaired) electrons. The lowest BCUT2D eigenvalue weighted by Gasteiger charge is -2.30. The summed E-state index contributed by atoms with van der Waals surface area (Å²) < 4.78 is 52.3. The van der Waals surface area contributed by atoms with E-state index in [9.17, 15) is 23.3 Å². The van der Waals surface area contributed by atoms with E-state index in [0.29, 0.717) is 34.2 Å². The van der Waals surface area contributed by atoms with Crippen LogP contribution in [0.15, 0.2) is 36.4 Å². The Morgan fingerprint density at radius 2 is 1.90 bits per heavy atom. The first-order chi connectivity index (χ1) is 14.3. The molecule has 152 valence electrons. The van der Waals surface area contributed by atoms with E-state index in [-0.39, 0.29) is 17.9 Å². The van der Waals surface area contributed by atoms with Gasteiger partial charge in [0.05, 0.1) is 13.7 Å². The smallest absolute Gasteiger partial charge is 0.257 e. The number of halogens is 3. The fourth-order valence-corrected chi connectivity index (χ4v) is 3.70. The second kappa shape index (κ2) is 7.22. The zero-order valence-electron chi connectivity index (χ0n) is 15.5. The van der Waals surface area contributed by atoms with Gasteiger partial charge in [0.25, 0.3) is 6.04 Å². The number of nitro groups is 1. The molecule has 3 aromatic carbocycles. The number of benzene rings is 3. The Hall–Kier alpha value is -3.80. The van der Waals surface area contributed by atoms with Crippen molar-refractivity contribution in [2.75, 3.05) is 7.11 Å². The van der Waals surface area contributed by atoms with Gasteiger partial charge in [-0.1, -0.05) is 6.07 Å². The second-order valence-corrected chi connectivity index (χ2v) is 6.78. The molecule has 9 heteroatoms. The summed E-state index contributed by atoms with van der Waals surface area (Å²) in [6.45, 7) is 7.25. The second-order valence-electron chi connectivity index (χ2n) is 6.78. The van der Waals surface area contributed by atoms with Crippen LogP contribution in [-0.2, 0) is 6.42 Å². The third-order valence-electron chi connectivity index (χ3n) is 5.14. The van der Waals surface area contributed by atoms with Gasteiger partial charge in [0.15, 0.2) is 17.7 Å². The SMILES string of the molecule is [C-]#[N+]c1cc2ccc3c(c2cc1OC)CC([N+](=O)[O-])C(c1cc(F)c(F)cc1F)O3. The molecule has 0 saturated carbocycles. The van der Waals surface area contributed by atoms with E-state index in [2.05, 4.69) is 4.85 Å². The molecule has 6 nitrogen and oxygen atoms in total. The highest BCUT2D eigenvalue weighted by atomic mass is 19.2. The average molecular weight is 414 g/mol. The van der Waals surface area contributed by atoms with Gasteiger partial charge < -0.3 is 9.47 Å². The number of fused-ring (bicyclic) bond motifs is 3. The lowest BCUT2D eigenvalue weighted by molar-refractivity contribution is -0.535. The number of rotatable bonds is 3. The number of nitrogens with zero attached hydrogens (tertiary/aromatic N) is 2. The molecule has 1 aliphatic rings. The predicted molar refractivity (Wildman–Crippen MR) is 101 cm³/mol. The molecular weight excluding hydrogens is 401 g/mol. The van der Waals surface area contributed by atoms with Crippen molar-refractivity contribution >= 4 is 16.5 Å². The number of hydrogen-bond donors (Lipinski definition) is 0. The monoisotopic (exact) mass is 414 g/mol. The maximum Gasteiger partial charge on any atom is 0.257 e. The maximum absolute atomic E-state index is 14.3. The highest BCUT2D eigenvalue weighted by Crippen LogP contribution is 2.43. The minimum atomic E-state index is -1.44. The third-order valence-corrected chi connectivity index (χ3v) is 5.14. The van der Waals surface area contributed by atoms with Crippen LogP contribution in [0.1, 0.15) is 17.2 Å². The summed E-state index contributed by atoms with van der Waals surface area (Å²) in [7, 11) is 1.41. The van der Waals surface area contributed by atoms with Crippen LogP contribution in [-0.4, -0.2) is 18.1 Å². The Bertz CT molecular complexity index is 1240. The topological polar surface area (TPSA) is 66.0 Å². The zero-order valence-corrected chi connectivity index (χ0v) is 15.5. The van der Waals surface area contributed by atoms with Crippen LogP contribution in [0.4, 0.5) is 18.9 Å². The molecule has 2 atom stereocenters. The summed E-state index contributed by atoms with van der Waals surface area (Å²) in [6, 6.07) is 5.91. The Labute approximate surface area is 168 Å². The maximum atomic E-state index is 14.3. The van der Waals surface area contributed by atoms with Crippen LogP contribution < -0.4 is 9.47 Å². The van der Waals surface area contributed by atoms with Gasteiger partial charge in [-0.05, 0) is 35.0 Å². The molecule has 3 aromatic rings. The van der Waals surface area contributed by atoms with Gasteiger partial charge >= 0.3 is 0 Å². The first-order valence-corrected chi connectivity index (χ1v) is 8.79. The Kier molecular flexibility index (Phi) is 4.70. The van der Waals surface area contributed by atoms with Crippen molar-refractivity contribution in [1.29, 1.82) is 0 Å². The molecular formula is C21H13F3N2O4. The van der Waals surface area contributed by atoms with Crippen LogP contribution >= 0.6 is 0 Å². The minimum Gasteiger partial charge on any atom is -0.508 e. The minimum absolute atomic E-state index is 0.136. The first kappa shape index (κ1) is 19.5. The quantitative estimate of drug-likeness (QED) is 0.258. The lowest BCUT2D eigenvalue weighted by atomic mass is 9.89. The Morgan fingerprint density at radius 1 is 1.17 bits per heavy atom. The van der Waals surface area contributed by atoms with Gasteiger partial charge in [-0.25, -0.2) is 18.0 Å². The summed E-state index contributed by atoms with van der Waals surface area (Å²) in [5.74, 6) is -3.28. The van der Waals surface area contributed by atoms with Gasteiger partial charge in [-0.3, -0.25) is 10.1 Å². The van der Waals surface area contributed by atoms with Crippen LogP contribution in [0.25, 0.3) is 15.6 Å². The lowest BCUT2D eigenvalue weighted by Crippen LogP contribution is -2.37. The van der Waals surface area contributed by atoms with E-state index in [0.717, 1.165) is 0 Å². The van der Waals surface area contributed by atoms with Crippen molar-refractivity contribution in [3.05, 3.63) is 86.5 Å². The Balaban J connectivity index is 1.88. The van der Waals surface area contributed by atoms with E-state index >= 15 is 0 Å². The van der Waals surface area contributed by atoms with E-state index in [1.807, 2.05) is 0 Å². The van der Waals surface area contributed by atoms with Gasteiger partial charge in [0, 0.05) is 28.5 Å². The van der Waals surface area contributed by atoms with Crippen molar-refractivity contribution in [3.8, 4) is 11.5 Å². The summed E-state index contributed by atoms with van der Waals surface area (Å²) in [4.78, 5) is 14.5. The highest BCUT2D eigenvalue weighted by Gasteiger charge is 2.42. The summed E-state index contributed by atoms with van der Waals surface area (Å²) in [5.41, 5.74) is 0.347. The van der Waals surface area contributed by atoms with Crippen molar-refractivity contribution in [2.24, 2.45) is 0 Å². The van der Waals surface area contributed by atoms with Crippen molar-refractivity contribution in [3.63, 3.8) is 0 Å². The van der Waals surface area contributed by atoms with E-state index in [1.54, 1.807) is 24.3 Å². The van der Waals surface area contributed by atoms with Gasteiger partial charge in [0.1, 0.15) is 17.3 Å². The zero-order chi connectivity index (χ0) is 21.6. The molecule has 4 rings (SSSR count).